The third-order valence-electron chi connectivity index (χ3n) is 5.70. The summed E-state index contributed by atoms with van der Waals surface area (Å²) in [5.41, 5.74) is 4.84. The Kier molecular flexibility index (Phi) is 4.28. The van der Waals surface area contributed by atoms with Crippen LogP contribution in [0.3, 0.4) is 0 Å². The number of hydrogen-bond acceptors (Lipinski definition) is 4. The maximum atomic E-state index is 12.8. The zero-order valence-corrected chi connectivity index (χ0v) is 16.9. The molecule has 0 bridgehead atoms. The van der Waals surface area contributed by atoms with E-state index < -0.39 is 0 Å². The SMILES string of the molecule is Cc1c(C(=O)Nc2ccc(-c3nc4ccccc4n3C)cc2)oc2c1C(=O)CCC2. The Morgan fingerprint density at radius 2 is 1.87 bits per heavy atom. The van der Waals surface area contributed by atoms with E-state index in [1.807, 2.05) is 55.6 Å². The van der Waals surface area contributed by atoms with Gasteiger partial charge in [-0.15, -0.1) is 0 Å². The largest absolute Gasteiger partial charge is 0.455 e. The predicted octanol–water partition coefficient (Wildman–Crippen LogP) is 4.91. The first-order chi connectivity index (χ1) is 14.5. The highest BCUT2D eigenvalue weighted by atomic mass is 16.4. The van der Waals surface area contributed by atoms with Gasteiger partial charge >= 0.3 is 0 Å². The Morgan fingerprint density at radius 3 is 2.60 bits per heavy atom. The molecule has 0 aliphatic heterocycles. The van der Waals surface area contributed by atoms with Gasteiger partial charge in [0.05, 0.1) is 16.6 Å². The highest BCUT2D eigenvalue weighted by Crippen LogP contribution is 2.30. The van der Waals surface area contributed by atoms with Gasteiger partial charge in [0, 0.05) is 36.7 Å². The van der Waals surface area contributed by atoms with Crippen LogP contribution in [0.1, 0.15) is 45.1 Å². The zero-order valence-electron chi connectivity index (χ0n) is 16.9. The van der Waals surface area contributed by atoms with E-state index in [1.54, 1.807) is 6.92 Å². The summed E-state index contributed by atoms with van der Waals surface area (Å²) >= 11 is 0. The van der Waals surface area contributed by atoms with Crippen molar-refractivity contribution in [3.63, 3.8) is 0 Å². The summed E-state index contributed by atoms with van der Waals surface area (Å²) < 4.78 is 7.79. The van der Waals surface area contributed by atoms with Crippen molar-refractivity contribution in [1.29, 1.82) is 0 Å². The molecule has 0 spiro atoms. The van der Waals surface area contributed by atoms with E-state index in [-0.39, 0.29) is 17.5 Å². The van der Waals surface area contributed by atoms with Crippen molar-refractivity contribution in [2.24, 2.45) is 7.05 Å². The maximum absolute atomic E-state index is 12.8. The molecule has 6 heteroatoms. The van der Waals surface area contributed by atoms with Crippen LogP contribution >= 0.6 is 0 Å². The van der Waals surface area contributed by atoms with Crippen LogP contribution in [-0.2, 0) is 13.5 Å². The molecule has 0 fully saturated rings. The summed E-state index contributed by atoms with van der Waals surface area (Å²) in [7, 11) is 1.99. The predicted molar refractivity (Wildman–Crippen MR) is 115 cm³/mol. The van der Waals surface area contributed by atoms with Gasteiger partial charge in [0.1, 0.15) is 11.6 Å². The fourth-order valence-electron chi connectivity index (χ4n) is 4.16. The molecule has 2 aromatic carbocycles. The Labute approximate surface area is 173 Å². The van der Waals surface area contributed by atoms with Crippen LogP contribution in [-0.4, -0.2) is 21.2 Å². The van der Waals surface area contributed by atoms with E-state index in [1.165, 1.54) is 0 Å². The quantitative estimate of drug-likeness (QED) is 0.531. The van der Waals surface area contributed by atoms with Crippen LogP contribution in [0.25, 0.3) is 22.4 Å². The van der Waals surface area contributed by atoms with Gasteiger partial charge in [0.25, 0.3) is 5.91 Å². The average Bonchev–Trinajstić information content (AvgIpc) is 3.27. The fraction of sp³-hybridized carbons (Fsp3) is 0.208. The monoisotopic (exact) mass is 399 g/mol. The molecule has 0 atom stereocenters. The summed E-state index contributed by atoms with van der Waals surface area (Å²) in [6.07, 6.45) is 1.98. The summed E-state index contributed by atoms with van der Waals surface area (Å²) in [5.74, 6) is 1.43. The number of nitrogens with zero attached hydrogens (tertiary/aromatic N) is 2. The minimum atomic E-state index is -0.342. The maximum Gasteiger partial charge on any atom is 0.291 e. The number of imidazole rings is 1. The molecule has 1 aliphatic rings. The summed E-state index contributed by atoms with van der Waals surface area (Å²) in [4.78, 5) is 29.6. The standard InChI is InChI=1S/C24H21N3O3/c1-14-21-19(28)8-5-9-20(21)30-22(14)24(29)25-16-12-10-15(11-13-16)23-26-17-6-3-4-7-18(17)27(23)2/h3-4,6-7,10-13H,5,8-9H2,1-2H3,(H,25,29). The Hall–Kier alpha value is -3.67. The van der Waals surface area contributed by atoms with Gasteiger partial charge in [0.15, 0.2) is 11.5 Å². The van der Waals surface area contributed by atoms with Crippen LogP contribution in [0, 0.1) is 6.92 Å². The second-order valence-electron chi connectivity index (χ2n) is 7.65. The number of aryl methyl sites for hydroxylation is 2. The van der Waals surface area contributed by atoms with Gasteiger partial charge in [-0.1, -0.05) is 12.1 Å². The second kappa shape index (κ2) is 6.99. The van der Waals surface area contributed by atoms with Gasteiger partial charge in [-0.3, -0.25) is 9.59 Å². The van der Waals surface area contributed by atoms with Crippen molar-refractivity contribution < 1.29 is 14.0 Å². The number of carbonyl (C=O) groups excluding carboxylic acids is 2. The number of amides is 1. The summed E-state index contributed by atoms with van der Waals surface area (Å²) in [5, 5.41) is 2.87. The van der Waals surface area contributed by atoms with Gasteiger partial charge in [0.2, 0.25) is 0 Å². The Balaban J connectivity index is 1.39. The van der Waals surface area contributed by atoms with E-state index in [9.17, 15) is 9.59 Å². The molecule has 1 aliphatic carbocycles. The number of hydrogen-bond donors (Lipinski definition) is 1. The lowest BCUT2D eigenvalue weighted by molar-refractivity contribution is 0.0963. The molecular formula is C24H21N3O3. The molecule has 4 aromatic rings. The third kappa shape index (κ3) is 2.92. The lowest BCUT2D eigenvalue weighted by atomic mass is 9.94. The molecule has 6 nitrogen and oxygen atoms in total. The lowest BCUT2D eigenvalue weighted by Gasteiger charge is -2.07. The van der Waals surface area contributed by atoms with Crippen molar-refractivity contribution in [2.45, 2.75) is 26.2 Å². The van der Waals surface area contributed by atoms with Crippen molar-refractivity contribution in [2.75, 3.05) is 5.32 Å². The normalized spacial score (nSPS) is 13.5. The van der Waals surface area contributed by atoms with Crippen LogP contribution in [0.2, 0.25) is 0 Å². The van der Waals surface area contributed by atoms with Crippen molar-refractivity contribution >= 4 is 28.4 Å². The van der Waals surface area contributed by atoms with Crippen molar-refractivity contribution in [3.8, 4) is 11.4 Å². The second-order valence-corrected chi connectivity index (χ2v) is 7.65. The number of ketones is 1. The number of benzene rings is 2. The van der Waals surface area contributed by atoms with Gasteiger partial charge in [-0.2, -0.15) is 0 Å². The van der Waals surface area contributed by atoms with Crippen molar-refractivity contribution in [1.82, 2.24) is 9.55 Å². The lowest BCUT2D eigenvalue weighted by Crippen LogP contribution is -2.13. The molecule has 30 heavy (non-hydrogen) atoms. The van der Waals surface area contributed by atoms with Crippen LogP contribution in [0.5, 0.6) is 0 Å². The number of anilines is 1. The molecule has 1 N–H and O–H groups in total. The number of furan rings is 1. The van der Waals surface area contributed by atoms with Gasteiger partial charge < -0.3 is 14.3 Å². The Bertz CT molecular complexity index is 1300. The van der Waals surface area contributed by atoms with Crippen LogP contribution in [0.4, 0.5) is 5.69 Å². The number of para-hydroxylation sites is 2. The molecule has 0 saturated heterocycles. The molecule has 0 saturated carbocycles. The molecule has 2 aromatic heterocycles. The first kappa shape index (κ1) is 18.4. The summed E-state index contributed by atoms with van der Waals surface area (Å²) in [6, 6.07) is 15.5. The van der Waals surface area contributed by atoms with E-state index in [0.29, 0.717) is 35.4 Å². The molecule has 2 heterocycles. The number of carbonyl (C=O) groups is 2. The molecule has 0 unspecified atom stereocenters. The first-order valence-electron chi connectivity index (χ1n) is 10.0. The smallest absolute Gasteiger partial charge is 0.291 e. The number of aromatic nitrogens is 2. The third-order valence-corrected chi connectivity index (χ3v) is 5.70. The minimum absolute atomic E-state index is 0.0587. The molecule has 1 amide bonds. The highest BCUT2D eigenvalue weighted by molar-refractivity contribution is 6.07. The average molecular weight is 399 g/mol. The van der Waals surface area contributed by atoms with Gasteiger partial charge in [-0.25, -0.2) is 4.98 Å². The highest BCUT2D eigenvalue weighted by Gasteiger charge is 2.28. The number of Topliss-reactive ketones (excluding diaryl/α,β-unsaturated/α-hetero) is 1. The van der Waals surface area contributed by atoms with E-state index >= 15 is 0 Å². The zero-order chi connectivity index (χ0) is 20.8. The first-order valence-corrected chi connectivity index (χ1v) is 10.0. The number of fused-ring (bicyclic) bond motifs is 2. The van der Waals surface area contributed by atoms with Crippen LogP contribution < -0.4 is 5.32 Å². The molecular weight excluding hydrogens is 378 g/mol. The fourth-order valence-corrected chi connectivity index (χ4v) is 4.16. The van der Waals surface area contributed by atoms with Crippen molar-refractivity contribution in [3.05, 3.63) is 71.2 Å². The number of nitrogens with one attached hydrogen (secondary N) is 1. The Morgan fingerprint density at radius 1 is 1.10 bits per heavy atom. The molecule has 150 valence electrons. The molecule has 5 rings (SSSR count). The minimum Gasteiger partial charge on any atom is -0.455 e. The van der Waals surface area contributed by atoms with Crippen LogP contribution in [0.15, 0.2) is 52.9 Å². The topological polar surface area (TPSA) is 77.1 Å². The molecule has 0 radical (unpaired) electrons. The summed E-state index contributed by atoms with van der Waals surface area (Å²) in [6.45, 7) is 1.77. The van der Waals surface area contributed by atoms with E-state index in [0.717, 1.165) is 28.8 Å². The van der Waals surface area contributed by atoms with Gasteiger partial charge in [-0.05, 0) is 49.7 Å². The van der Waals surface area contributed by atoms with E-state index in [4.69, 9.17) is 9.40 Å². The van der Waals surface area contributed by atoms with E-state index in [2.05, 4.69) is 9.88 Å². The number of rotatable bonds is 3.